The molecule has 0 radical (unpaired) electrons. The smallest absolute Gasteiger partial charge is 0.309 e. The molecule has 0 heterocycles. The minimum Gasteiger partial charge on any atom is -0.469 e. The summed E-state index contributed by atoms with van der Waals surface area (Å²) in [5, 5.41) is 0. The van der Waals surface area contributed by atoms with Crippen molar-refractivity contribution >= 4 is 11.8 Å². The van der Waals surface area contributed by atoms with E-state index in [4.69, 9.17) is 0 Å². The van der Waals surface area contributed by atoms with E-state index in [0.717, 1.165) is 11.1 Å². The molecule has 0 unspecified atom stereocenters. The van der Waals surface area contributed by atoms with Crippen LogP contribution in [0.3, 0.4) is 0 Å². The Kier molecular flexibility index (Phi) is 7.68. The van der Waals surface area contributed by atoms with Gasteiger partial charge < -0.3 is 4.74 Å². The first-order valence-corrected chi connectivity index (χ1v) is 5.76. The number of hydrogen-bond acceptors (Lipinski definition) is 3. The van der Waals surface area contributed by atoms with Gasteiger partial charge >= 0.3 is 5.97 Å². The van der Waals surface area contributed by atoms with Crippen LogP contribution in [0.2, 0.25) is 0 Å². The van der Waals surface area contributed by atoms with Gasteiger partial charge in [-0.2, -0.15) is 0 Å². The molecule has 1 aromatic rings. The lowest BCUT2D eigenvalue weighted by Crippen LogP contribution is -2.04. The van der Waals surface area contributed by atoms with Gasteiger partial charge in [0.1, 0.15) is 5.78 Å². The number of benzene rings is 1. The summed E-state index contributed by atoms with van der Waals surface area (Å²) in [6.45, 7) is 5.56. The fourth-order valence-corrected chi connectivity index (χ4v) is 1.30. The molecular weight excluding hydrogens is 216 g/mol. The molecule has 3 nitrogen and oxygen atoms in total. The number of carbonyl (C=O) groups excluding carboxylic acids is 2. The van der Waals surface area contributed by atoms with Crippen LogP contribution in [0.4, 0.5) is 0 Å². The van der Waals surface area contributed by atoms with Gasteiger partial charge in [-0.1, -0.05) is 38.1 Å². The molecule has 0 fully saturated rings. The fraction of sp³-hybridized carbons (Fsp3) is 0.429. The van der Waals surface area contributed by atoms with Gasteiger partial charge in [0.2, 0.25) is 0 Å². The molecule has 94 valence electrons. The highest BCUT2D eigenvalue weighted by molar-refractivity contribution is 5.78. The first kappa shape index (κ1) is 15.4. The van der Waals surface area contributed by atoms with Crippen LogP contribution in [-0.4, -0.2) is 18.9 Å². The minimum absolute atomic E-state index is 0.135. The zero-order valence-corrected chi connectivity index (χ0v) is 10.9. The van der Waals surface area contributed by atoms with Gasteiger partial charge in [0, 0.05) is 6.42 Å². The molecule has 1 aromatic carbocycles. The Morgan fingerprint density at radius 3 is 1.76 bits per heavy atom. The van der Waals surface area contributed by atoms with Crippen LogP contribution in [-0.2, 0) is 27.2 Å². The minimum atomic E-state index is -0.255. The van der Waals surface area contributed by atoms with Crippen LogP contribution in [0, 0.1) is 0 Å². The van der Waals surface area contributed by atoms with Gasteiger partial charge in [-0.15, -0.1) is 0 Å². The van der Waals surface area contributed by atoms with E-state index in [0.29, 0.717) is 6.42 Å². The van der Waals surface area contributed by atoms with Crippen LogP contribution >= 0.6 is 0 Å². The number of hydrogen-bond donors (Lipinski definition) is 0. The highest BCUT2D eigenvalue weighted by atomic mass is 16.5. The largest absolute Gasteiger partial charge is 0.469 e. The van der Waals surface area contributed by atoms with E-state index in [-0.39, 0.29) is 18.2 Å². The summed E-state index contributed by atoms with van der Waals surface area (Å²) in [5.41, 5.74) is 1.87. The van der Waals surface area contributed by atoms with Crippen molar-refractivity contribution in [1.82, 2.24) is 0 Å². The molecule has 0 spiro atoms. The molecule has 0 aliphatic carbocycles. The molecule has 0 saturated carbocycles. The highest BCUT2D eigenvalue weighted by Gasteiger charge is 2.03. The second-order valence-corrected chi connectivity index (χ2v) is 3.45. The number of ketones is 1. The number of carbonyl (C=O) groups is 2. The van der Waals surface area contributed by atoms with Crippen molar-refractivity contribution < 1.29 is 14.3 Å². The standard InChI is InChI=1S/C12H14O3.C2H6/c1-9(13)7-10-3-5-11(6-4-10)8-12(14)15-2;1-2/h3-6H,7-8H2,1-2H3;1-2H3. The Bertz CT molecular complexity index is 352. The number of Topliss-reactive ketones (excluding diaryl/α,β-unsaturated/α-hetero) is 1. The third-order valence-electron chi connectivity index (χ3n) is 2.05. The first-order chi connectivity index (χ1) is 8.11. The molecular formula is C14H20O3. The Hall–Kier alpha value is -1.64. The predicted octanol–water partition coefficient (Wildman–Crippen LogP) is 2.56. The van der Waals surface area contributed by atoms with Crippen molar-refractivity contribution in [1.29, 1.82) is 0 Å². The van der Waals surface area contributed by atoms with E-state index >= 15 is 0 Å². The average molecular weight is 236 g/mol. The van der Waals surface area contributed by atoms with Crippen LogP contribution in [0.5, 0.6) is 0 Å². The second kappa shape index (κ2) is 8.50. The van der Waals surface area contributed by atoms with E-state index in [1.54, 1.807) is 6.92 Å². The molecule has 0 aromatic heterocycles. The normalized spacial score (nSPS) is 8.94. The van der Waals surface area contributed by atoms with Crippen molar-refractivity contribution in [2.45, 2.75) is 33.6 Å². The van der Waals surface area contributed by atoms with Crippen molar-refractivity contribution in [3.05, 3.63) is 35.4 Å². The molecule has 0 atom stereocenters. The van der Waals surface area contributed by atoms with Crippen LogP contribution in [0.1, 0.15) is 31.9 Å². The highest BCUT2D eigenvalue weighted by Crippen LogP contribution is 2.06. The lowest BCUT2D eigenvalue weighted by Gasteiger charge is -2.01. The van der Waals surface area contributed by atoms with E-state index in [1.807, 2.05) is 38.1 Å². The van der Waals surface area contributed by atoms with Crippen molar-refractivity contribution in [3.63, 3.8) is 0 Å². The van der Waals surface area contributed by atoms with E-state index in [1.165, 1.54) is 7.11 Å². The number of methoxy groups -OCH3 is 1. The maximum Gasteiger partial charge on any atom is 0.309 e. The first-order valence-electron chi connectivity index (χ1n) is 5.76. The molecule has 0 aliphatic heterocycles. The van der Waals surface area contributed by atoms with E-state index in [9.17, 15) is 9.59 Å². The van der Waals surface area contributed by atoms with Crippen molar-refractivity contribution in [2.75, 3.05) is 7.11 Å². The summed E-state index contributed by atoms with van der Waals surface area (Å²) >= 11 is 0. The van der Waals surface area contributed by atoms with Gasteiger partial charge in [-0.05, 0) is 18.1 Å². The summed E-state index contributed by atoms with van der Waals surface area (Å²) in [7, 11) is 1.37. The second-order valence-electron chi connectivity index (χ2n) is 3.45. The zero-order chi connectivity index (χ0) is 13.3. The van der Waals surface area contributed by atoms with E-state index in [2.05, 4.69) is 4.74 Å². The number of esters is 1. The average Bonchev–Trinajstić information content (AvgIpc) is 2.33. The molecule has 0 bridgehead atoms. The van der Waals surface area contributed by atoms with Gasteiger partial charge in [0.25, 0.3) is 0 Å². The van der Waals surface area contributed by atoms with Crippen molar-refractivity contribution in [3.8, 4) is 0 Å². The predicted molar refractivity (Wildman–Crippen MR) is 67.9 cm³/mol. The van der Waals surface area contributed by atoms with Crippen LogP contribution in [0.25, 0.3) is 0 Å². The molecule has 0 N–H and O–H groups in total. The Labute approximate surface area is 103 Å². The summed E-state index contributed by atoms with van der Waals surface area (Å²) in [6.07, 6.45) is 0.718. The molecule has 0 saturated heterocycles. The van der Waals surface area contributed by atoms with E-state index < -0.39 is 0 Å². The molecule has 0 amide bonds. The fourth-order valence-electron chi connectivity index (χ4n) is 1.30. The van der Waals surface area contributed by atoms with Crippen LogP contribution < -0.4 is 0 Å². The van der Waals surface area contributed by atoms with Gasteiger partial charge in [0.05, 0.1) is 13.5 Å². The lowest BCUT2D eigenvalue weighted by atomic mass is 10.1. The Morgan fingerprint density at radius 1 is 1.00 bits per heavy atom. The van der Waals surface area contributed by atoms with Gasteiger partial charge in [0.15, 0.2) is 0 Å². The molecule has 0 aliphatic rings. The quantitative estimate of drug-likeness (QED) is 0.755. The van der Waals surface area contributed by atoms with Crippen LogP contribution in [0.15, 0.2) is 24.3 Å². The lowest BCUT2D eigenvalue weighted by molar-refractivity contribution is -0.139. The Morgan fingerprint density at radius 2 is 1.41 bits per heavy atom. The number of ether oxygens (including phenoxy) is 1. The molecule has 3 heteroatoms. The van der Waals surface area contributed by atoms with Gasteiger partial charge in [-0.3, -0.25) is 9.59 Å². The Balaban J connectivity index is 0.00000121. The third kappa shape index (κ3) is 6.51. The summed E-state index contributed by atoms with van der Waals surface area (Å²) < 4.78 is 4.56. The monoisotopic (exact) mass is 236 g/mol. The molecule has 1 rings (SSSR count). The SMILES string of the molecule is CC.COC(=O)Cc1ccc(CC(C)=O)cc1. The zero-order valence-electron chi connectivity index (χ0n) is 10.9. The topological polar surface area (TPSA) is 43.4 Å². The maximum absolute atomic E-state index is 11.0. The third-order valence-corrected chi connectivity index (χ3v) is 2.05. The summed E-state index contributed by atoms with van der Waals surface area (Å²) in [4.78, 5) is 21.8. The van der Waals surface area contributed by atoms with Gasteiger partial charge in [-0.25, -0.2) is 0 Å². The summed E-state index contributed by atoms with van der Waals surface area (Å²) in [6, 6.07) is 7.41. The maximum atomic E-state index is 11.0. The summed E-state index contributed by atoms with van der Waals surface area (Å²) in [5.74, 6) is -0.120. The number of rotatable bonds is 4. The van der Waals surface area contributed by atoms with Crippen molar-refractivity contribution in [2.24, 2.45) is 0 Å². The molecule has 17 heavy (non-hydrogen) atoms.